The van der Waals surface area contributed by atoms with Gasteiger partial charge in [0.05, 0.1) is 0 Å². The molecule has 1 aromatic carbocycles. The number of allylic oxidation sites excluding steroid dienone is 6. The molecule has 7 nitrogen and oxygen atoms in total. The Labute approximate surface area is 307 Å². The molecule has 0 radical (unpaired) electrons. The lowest BCUT2D eigenvalue weighted by Gasteiger charge is -2.20. The monoisotopic (exact) mass is 706 g/mol. The number of Topliss-reactive ketones (excluding diaryl/α,β-unsaturated/α-hetero) is 2. The van der Waals surface area contributed by atoms with Crippen LogP contribution in [-0.4, -0.2) is 32.9 Å². The number of hydrogen-bond donors (Lipinski definition) is 3. The quantitative estimate of drug-likeness (QED) is 0.0198. The minimum atomic E-state index is -2.36. The van der Waals surface area contributed by atoms with Gasteiger partial charge < -0.3 is 20.1 Å². The van der Waals surface area contributed by atoms with Gasteiger partial charge in [-0.15, -0.1) is 0 Å². The first kappa shape index (κ1) is 42.1. The maximum atomic E-state index is 13.9. The lowest BCUT2D eigenvalue weighted by Crippen LogP contribution is -2.46. The maximum Gasteiger partial charge on any atom is 0.338 e. The van der Waals surface area contributed by atoms with Gasteiger partial charge in [0, 0.05) is 22.8 Å². The van der Waals surface area contributed by atoms with Crippen LogP contribution in [0.5, 0.6) is 17.2 Å². The van der Waals surface area contributed by atoms with Crippen LogP contribution >= 0.6 is 0 Å². The van der Waals surface area contributed by atoms with Gasteiger partial charge in [0.25, 0.3) is 0 Å². The Morgan fingerprint density at radius 3 is 1.63 bits per heavy atom. The summed E-state index contributed by atoms with van der Waals surface area (Å²) in [6.07, 6.45) is 36.1. The Kier molecular flexibility index (Phi) is 19.2. The molecule has 7 heteroatoms. The summed E-state index contributed by atoms with van der Waals surface area (Å²) in [6, 6.07) is 1.08. The molecule has 1 aromatic rings. The normalized spacial score (nSPS) is 17.3. The van der Waals surface area contributed by atoms with Crippen LogP contribution in [0.3, 0.4) is 0 Å². The first-order chi connectivity index (χ1) is 24.8. The Morgan fingerprint density at radius 2 is 1.06 bits per heavy atom. The maximum absolute atomic E-state index is 13.9. The van der Waals surface area contributed by atoms with Crippen molar-refractivity contribution in [3.8, 4) is 17.2 Å². The van der Waals surface area contributed by atoms with Crippen LogP contribution < -0.4 is 4.74 Å². The second-order valence-electron chi connectivity index (χ2n) is 14.7. The number of aromatic hydroxyl groups is 2. The number of carbonyl (C=O) groups excluding carboxylic acids is 3. The first-order valence-corrected chi connectivity index (χ1v) is 20.4. The van der Waals surface area contributed by atoms with Gasteiger partial charge in [-0.25, -0.2) is 4.79 Å². The summed E-state index contributed by atoms with van der Waals surface area (Å²) in [6.45, 7) is 4.45. The van der Waals surface area contributed by atoms with Crippen molar-refractivity contribution in [2.45, 2.75) is 186 Å². The van der Waals surface area contributed by atoms with Gasteiger partial charge in [-0.1, -0.05) is 147 Å². The molecule has 0 saturated heterocycles. The zero-order valence-corrected chi connectivity index (χ0v) is 31.7. The summed E-state index contributed by atoms with van der Waals surface area (Å²) in [5.74, 6) is -4.56. The highest BCUT2D eigenvalue weighted by Crippen LogP contribution is 2.53. The molecule has 1 aliphatic carbocycles. The molecule has 0 aromatic heterocycles. The van der Waals surface area contributed by atoms with Crippen molar-refractivity contribution in [3.63, 3.8) is 0 Å². The molecule has 1 heterocycles. The van der Waals surface area contributed by atoms with Crippen molar-refractivity contribution in [1.82, 2.24) is 0 Å². The molecule has 0 bridgehead atoms. The molecule has 0 amide bonds. The molecular formula is C44H66O7. The van der Waals surface area contributed by atoms with Crippen molar-refractivity contribution >= 4 is 17.5 Å². The Balaban J connectivity index is 1.47. The summed E-state index contributed by atoms with van der Waals surface area (Å²) in [4.78, 5) is 40.9. The van der Waals surface area contributed by atoms with Gasteiger partial charge in [-0.2, -0.15) is 0 Å². The van der Waals surface area contributed by atoms with E-state index in [0.29, 0.717) is 12.8 Å². The number of ketones is 2. The van der Waals surface area contributed by atoms with E-state index in [1.165, 1.54) is 77.0 Å². The fraction of sp³-hybridized carbons (Fsp3) is 0.659. The van der Waals surface area contributed by atoms with Crippen molar-refractivity contribution in [2.75, 3.05) is 0 Å². The third-order valence-electron chi connectivity index (χ3n) is 10.6. The van der Waals surface area contributed by atoms with E-state index in [-0.39, 0.29) is 35.3 Å². The molecule has 3 rings (SSSR count). The van der Waals surface area contributed by atoms with Crippen LogP contribution in [0.1, 0.15) is 185 Å². The van der Waals surface area contributed by atoms with Crippen molar-refractivity contribution in [2.24, 2.45) is 0 Å². The van der Waals surface area contributed by atoms with Gasteiger partial charge in [0.1, 0.15) is 5.75 Å². The number of esters is 1. The number of unbranched alkanes of at least 4 members (excludes halogenated alkanes) is 20. The fourth-order valence-corrected chi connectivity index (χ4v) is 7.53. The predicted octanol–water partition coefficient (Wildman–Crippen LogP) is 11.7. The predicted molar refractivity (Wildman–Crippen MR) is 206 cm³/mol. The summed E-state index contributed by atoms with van der Waals surface area (Å²) in [5, 5.41) is 32.3. The molecule has 0 saturated carbocycles. The van der Waals surface area contributed by atoms with Crippen LogP contribution in [0.15, 0.2) is 41.7 Å². The van der Waals surface area contributed by atoms with Gasteiger partial charge in [-0.05, 0) is 57.8 Å². The number of aliphatic hydroxyl groups excluding tert-OH is 1. The zero-order valence-electron chi connectivity index (χ0n) is 31.7. The lowest BCUT2D eigenvalue weighted by molar-refractivity contribution is -0.146. The molecule has 3 N–H and O–H groups in total. The van der Waals surface area contributed by atoms with Crippen LogP contribution in [0, 0.1) is 0 Å². The fourth-order valence-electron chi connectivity index (χ4n) is 7.53. The van der Waals surface area contributed by atoms with Crippen LogP contribution in [-0.2, 0) is 26.2 Å². The molecule has 0 fully saturated rings. The second kappa shape index (κ2) is 23.3. The number of fused-ring (bicyclic) bond motifs is 2. The van der Waals surface area contributed by atoms with Gasteiger partial charge in [-0.3, -0.25) is 9.59 Å². The first-order valence-electron chi connectivity index (χ1n) is 20.4. The summed E-state index contributed by atoms with van der Waals surface area (Å²) >= 11 is 0. The Morgan fingerprint density at radius 1 is 0.588 bits per heavy atom. The molecular weight excluding hydrogens is 640 g/mol. The van der Waals surface area contributed by atoms with Crippen molar-refractivity contribution in [3.05, 3.63) is 52.8 Å². The van der Waals surface area contributed by atoms with Crippen LogP contribution in [0.25, 0.3) is 0 Å². The minimum Gasteiger partial charge on any atom is -0.504 e. The van der Waals surface area contributed by atoms with E-state index in [2.05, 4.69) is 38.2 Å². The minimum absolute atomic E-state index is 0.0192. The Bertz CT molecular complexity index is 1350. The lowest BCUT2D eigenvalue weighted by atomic mass is 9.73. The van der Waals surface area contributed by atoms with E-state index in [4.69, 9.17) is 4.74 Å². The van der Waals surface area contributed by atoms with Gasteiger partial charge >= 0.3 is 5.97 Å². The van der Waals surface area contributed by atoms with Crippen LogP contribution in [0.4, 0.5) is 0 Å². The van der Waals surface area contributed by atoms with E-state index in [0.717, 1.165) is 70.3 Å². The molecule has 1 atom stereocenters. The molecule has 2 aliphatic rings. The second-order valence-corrected chi connectivity index (χ2v) is 14.7. The number of phenolic OH excluding ortho intramolecular Hbond substituents is 2. The van der Waals surface area contributed by atoms with Crippen molar-refractivity contribution < 1.29 is 34.4 Å². The average molecular weight is 707 g/mol. The van der Waals surface area contributed by atoms with Crippen LogP contribution in [0.2, 0.25) is 0 Å². The number of benzene rings is 1. The molecule has 1 aliphatic heterocycles. The third-order valence-corrected chi connectivity index (χ3v) is 10.6. The Hall–Kier alpha value is -3.35. The number of hydrogen-bond acceptors (Lipinski definition) is 7. The van der Waals surface area contributed by atoms with Crippen molar-refractivity contribution in [1.29, 1.82) is 0 Å². The molecule has 51 heavy (non-hydrogen) atoms. The highest BCUT2D eigenvalue weighted by molar-refractivity contribution is 6.42. The summed E-state index contributed by atoms with van der Waals surface area (Å²) in [7, 11) is 0. The van der Waals surface area contributed by atoms with Gasteiger partial charge in [0.2, 0.25) is 11.2 Å². The van der Waals surface area contributed by atoms with E-state index < -0.39 is 40.2 Å². The van der Waals surface area contributed by atoms with E-state index in [9.17, 15) is 29.7 Å². The largest absolute Gasteiger partial charge is 0.504 e. The highest BCUT2D eigenvalue weighted by Gasteiger charge is 2.67. The molecule has 0 unspecified atom stereocenters. The standard InChI is InChI=1S/C44H66O7/c1-3-5-7-9-11-13-15-17-18-20-21-23-25-27-29-31-34-38-37(33-36(45)39(34)46)51-43(50)44(38)41(48)35(40(47)42(44)49)32-30-28-26-24-22-19-16-14-12-10-8-6-4-2/h11,13,17-18,33,45-47H,3-10,12,14-16,19-32H2,1-2H3/b13-11-,18-17-/t44-/m0/s1. The van der Waals surface area contributed by atoms with E-state index in [1.54, 1.807) is 0 Å². The average Bonchev–Trinajstić information content (AvgIpc) is 3.51. The summed E-state index contributed by atoms with van der Waals surface area (Å²) < 4.78 is 5.41. The molecule has 284 valence electrons. The highest BCUT2D eigenvalue weighted by atomic mass is 16.5. The zero-order chi connectivity index (χ0) is 36.9. The topological polar surface area (TPSA) is 121 Å². The number of phenols is 2. The SMILES string of the molecule is CCCCC/C=C\C/C=C\CCCCCCCc1c(O)c(O)cc2c1[C@@]1(C(=O)O2)C(=O)C(O)=C(CCCCCCCCCCCCCCC)C1=O. The third kappa shape index (κ3) is 11.8. The smallest absolute Gasteiger partial charge is 0.338 e. The van der Waals surface area contributed by atoms with E-state index in [1.807, 2.05) is 0 Å². The molecule has 1 spiro atoms. The number of rotatable bonds is 28. The number of ether oxygens (including phenoxy) is 1. The number of carbonyl (C=O) groups is 3. The van der Waals surface area contributed by atoms with Gasteiger partial charge in [0.15, 0.2) is 23.0 Å². The number of aliphatic hydroxyl groups is 1. The summed E-state index contributed by atoms with van der Waals surface area (Å²) in [5.41, 5.74) is -2.25. The van der Waals surface area contributed by atoms with E-state index >= 15 is 0 Å².